The third-order valence-electron chi connectivity index (χ3n) is 2.08. The molecule has 0 saturated heterocycles. The van der Waals surface area contributed by atoms with E-state index < -0.39 is 36.2 Å². The molecular weight excluding hydrogens is 328 g/mol. The normalized spacial score (nSPS) is 15.6. The Balaban J connectivity index is 0. The molecule has 0 aliphatic carbocycles. The van der Waals surface area contributed by atoms with E-state index in [2.05, 4.69) is 19.6 Å². The van der Waals surface area contributed by atoms with E-state index in [1.54, 1.807) is 7.11 Å². The molecule has 0 unspecified atom stereocenters. The van der Waals surface area contributed by atoms with Crippen LogP contribution >= 0.6 is 0 Å². The fraction of sp³-hybridized carbons (Fsp3) is 1.00. The first-order chi connectivity index (χ1) is 8.74. The first-order valence-corrected chi connectivity index (χ1v) is 16.3. The lowest BCUT2D eigenvalue weighted by molar-refractivity contribution is -0.0272. The highest BCUT2D eigenvalue weighted by molar-refractivity contribution is 6.78. The quantitative estimate of drug-likeness (QED) is 0.412. The summed E-state index contributed by atoms with van der Waals surface area (Å²) in [7, 11) is -5.03. The molecule has 124 valence electrons. The molecule has 0 radical (unpaired) electrons. The monoisotopic (exact) mass is 360 g/mol. The Morgan fingerprint density at radius 2 is 1.60 bits per heavy atom. The van der Waals surface area contributed by atoms with Gasteiger partial charge in [-0.3, -0.25) is 0 Å². The highest BCUT2D eigenvalue weighted by Gasteiger charge is 2.42. The van der Waals surface area contributed by atoms with Crippen molar-refractivity contribution in [1.29, 1.82) is 0 Å². The van der Waals surface area contributed by atoms with Crippen LogP contribution in [0.2, 0.25) is 39.3 Å². The molecule has 10 heteroatoms. The molecule has 0 aromatic rings. The minimum absolute atomic E-state index is 0. The van der Waals surface area contributed by atoms with E-state index in [1.165, 1.54) is 0 Å². The Kier molecular flexibility index (Phi) is 12.9. The van der Waals surface area contributed by atoms with Crippen molar-refractivity contribution in [3.63, 3.8) is 0 Å². The molecule has 0 aromatic carbocycles. The van der Waals surface area contributed by atoms with Crippen molar-refractivity contribution in [2.45, 2.75) is 46.7 Å². The minimum Gasteiger partial charge on any atom is -0.442 e. The van der Waals surface area contributed by atoms with Crippen LogP contribution in [0.25, 0.3) is 0 Å². The Hall–Kier alpha value is 0.628. The molecule has 0 heterocycles. The number of hydrogen-bond donors (Lipinski definition) is 0. The second kappa shape index (κ2) is 11.2. The summed E-state index contributed by atoms with van der Waals surface area (Å²) in [5.74, 6) is 0. The number of rotatable bonds is 11. The molecule has 0 aliphatic rings. The standard InChI is InChI=1S/C9H28O6Si4.CH4/c1-10-8-12-19(7,13-9-11-17(3)4)15-18(5,6)14-16-2;/h17H,8-9,16H2,1-7H3;1H4/t19-;/m1./s1. The first-order valence-electron chi connectivity index (χ1n) is 6.47. The third-order valence-corrected chi connectivity index (χ3v) is 11.6. The van der Waals surface area contributed by atoms with Crippen LogP contribution < -0.4 is 0 Å². The summed E-state index contributed by atoms with van der Waals surface area (Å²) in [4.78, 5) is 0. The number of ether oxygens (including phenoxy) is 1. The van der Waals surface area contributed by atoms with Gasteiger partial charge in [0.05, 0.1) is 0 Å². The van der Waals surface area contributed by atoms with Crippen molar-refractivity contribution in [2.75, 3.05) is 20.7 Å². The van der Waals surface area contributed by atoms with Crippen molar-refractivity contribution in [3.05, 3.63) is 0 Å². The van der Waals surface area contributed by atoms with Crippen LogP contribution in [0.1, 0.15) is 7.43 Å². The topological polar surface area (TPSA) is 55.4 Å². The summed E-state index contributed by atoms with van der Waals surface area (Å²) in [5, 5.41) is 0. The number of hydrogen-bond acceptors (Lipinski definition) is 6. The van der Waals surface area contributed by atoms with Crippen molar-refractivity contribution in [2.24, 2.45) is 0 Å². The van der Waals surface area contributed by atoms with Gasteiger partial charge in [-0.05, 0) is 26.2 Å². The molecule has 0 amide bonds. The van der Waals surface area contributed by atoms with Gasteiger partial charge in [0.1, 0.15) is 23.3 Å². The Labute approximate surface area is 130 Å². The van der Waals surface area contributed by atoms with Crippen LogP contribution in [0.4, 0.5) is 0 Å². The molecule has 0 aliphatic heterocycles. The molecule has 20 heavy (non-hydrogen) atoms. The maximum absolute atomic E-state index is 6.05. The van der Waals surface area contributed by atoms with Crippen LogP contribution in [-0.2, 0) is 26.2 Å². The fourth-order valence-electron chi connectivity index (χ4n) is 1.37. The van der Waals surface area contributed by atoms with Crippen LogP contribution in [0, 0.1) is 0 Å². The van der Waals surface area contributed by atoms with Gasteiger partial charge in [0, 0.05) is 13.7 Å². The van der Waals surface area contributed by atoms with Crippen LogP contribution in [0.3, 0.4) is 0 Å². The highest BCUT2D eigenvalue weighted by Crippen LogP contribution is 2.18. The Morgan fingerprint density at radius 1 is 1.05 bits per heavy atom. The molecular formula is C10H32O6Si4. The van der Waals surface area contributed by atoms with E-state index in [0.29, 0.717) is 0 Å². The van der Waals surface area contributed by atoms with Gasteiger partial charge >= 0.3 is 17.4 Å². The molecule has 0 bridgehead atoms. The van der Waals surface area contributed by atoms with E-state index in [-0.39, 0.29) is 21.0 Å². The minimum atomic E-state index is -2.78. The van der Waals surface area contributed by atoms with Crippen LogP contribution in [-0.4, -0.2) is 56.9 Å². The SMILES string of the molecule is C.COCO[Si@](C)(OCO[SiH](C)C)O[Si](C)(C)O[SiH2]C. The van der Waals surface area contributed by atoms with E-state index in [4.69, 9.17) is 26.2 Å². The molecule has 1 atom stereocenters. The van der Waals surface area contributed by atoms with Crippen molar-refractivity contribution in [3.8, 4) is 0 Å². The number of methoxy groups -OCH3 is 1. The Bertz CT molecular complexity index is 244. The lowest BCUT2D eigenvalue weighted by Crippen LogP contribution is -2.53. The lowest BCUT2D eigenvalue weighted by atomic mass is 11.4. The molecule has 6 nitrogen and oxygen atoms in total. The van der Waals surface area contributed by atoms with Gasteiger partial charge in [-0.1, -0.05) is 14.0 Å². The second-order valence-electron chi connectivity index (χ2n) is 4.83. The first kappa shape index (κ1) is 22.9. The zero-order valence-corrected chi connectivity index (χ0v) is 17.7. The van der Waals surface area contributed by atoms with E-state index in [9.17, 15) is 0 Å². The second-order valence-corrected chi connectivity index (χ2v) is 14.9. The molecule has 0 saturated carbocycles. The summed E-state index contributed by atoms with van der Waals surface area (Å²) in [5.41, 5.74) is 0. The van der Waals surface area contributed by atoms with Crippen LogP contribution in [0.15, 0.2) is 0 Å². The highest BCUT2D eigenvalue weighted by atomic mass is 28.5. The van der Waals surface area contributed by atoms with Crippen molar-refractivity contribution < 1.29 is 26.2 Å². The summed E-state index contributed by atoms with van der Waals surface area (Å²) < 4.78 is 33.7. The van der Waals surface area contributed by atoms with Gasteiger partial charge < -0.3 is 26.2 Å². The maximum atomic E-state index is 6.05. The van der Waals surface area contributed by atoms with Gasteiger partial charge in [0.15, 0.2) is 9.04 Å². The molecule has 0 rings (SSSR count). The van der Waals surface area contributed by atoms with Gasteiger partial charge in [-0.2, -0.15) is 0 Å². The molecule has 0 aromatic heterocycles. The molecule has 0 spiro atoms. The molecule has 0 fully saturated rings. The van der Waals surface area contributed by atoms with Gasteiger partial charge in [-0.25, -0.2) is 0 Å². The fourth-order valence-corrected chi connectivity index (χ4v) is 10.1. The summed E-state index contributed by atoms with van der Waals surface area (Å²) in [6, 6.07) is 0. The third kappa shape index (κ3) is 11.3. The van der Waals surface area contributed by atoms with E-state index in [1.807, 2.05) is 19.6 Å². The summed E-state index contributed by atoms with van der Waals surface area (Å²) in [6.07, 6.45) is 0. The van der Waals surface area contributed by atoms with Gasteiger partial charge in [0.2, 0.25) is 0 Å². The predicted octanol–water partition coefficient (Wildman–Crippen LogP) is 1.65. The van der Waals surface area contributed by atoms with Crippen molar-refractivity contribution >= 4 is 36.2 Å². The zero-order valence-electron chi connectivity index (χ0n) is 13.1. The van der Waals surface area contributed by atoms with E-state index >= 15 is 0 Å². The average Bonchev–Trinajstić information content (AvgIpc) is 2.25. The molecule has 0 N–H and O–H groups in total. The zero-order chi connectivity index (χ0) is 14.9. The van der Waals surface area contributed by atoms with E-state index in [0.717, 1.165) is 0 Å². The largest absolute Gasteiger partial charge is 0.492 e. The predicted molar refractivity (Wildman–Crippen MR) is 91.3 cm³/mol. The average molecular weight is 361 g/mol. The maximum Gasteiger partial charge on any atom is 0.492 e. The summed E-state index contributed by atoms with van der Waals surface area (Å²) in [6.45, 7) is 12.5. The smallest absolute Gasteiger partial charge is 0.442 e. The van der Waals surface area contributed by atoms with Gasteiger partial charge in [0.25, 0.3) is 0 Å². The van der Waals surface area contributed by atoms with Crippen molar-refractivity contribution in [1.82, 2.24) is 0 Å². The van der Waals surface area contributed by atoms with Gasteiger partial charge in [-0.15, -0.1) is 0 Å². The summed E-state index contributed by atoms with van der Waals surface area (Å²) >= 11 is 0. The van der Waals surface area contributed by atoms with Crippen LogP contribution in [0.5, 0.6) is 0 Å². The Morgan fingerprint density at radius 3 is 2.05 bits per heavy atom. The lowest BCUT2D eigenvalue weighted by Gasteiger charge is -2.33.